The van der Waals surface area contributed by atoms with Crippen molar-refractivity contribution in [2.24, 2.45) is 0 Å². The highest BCUT2D eigenvalue weighted by atomic mass is 16.6. The quantitative estimate of drug-likeness (QED) is 0.738. The Kier molecular flexibility index (Phi) is 3.62. The number of nitrogens with zero attached hydrogens (tertiary/aromatic N) is 2. The van der Waals surface area contributed by atoms with Crippen molar-refractivity contribution in [3.63, 3.8) is 0 Å². The van der Waals surface area contributed by atoms with Gasteiger partial charge in [0.15, 0.2) is 5.78 Å². The molecule has 0 atom stereocenters. The first-order chi connectivity index (χ1) is 10.7. The van der Waals surface area contributed by atoms with Gasteiger partial charge < -0.3 is 14.5 Å². The molecule has 1 aromatic carbocycles. The number of piperidine rings is 1. The van der Waals surface area contributed by atoms with E-state index in [-0.39, 0.29) is 11.9 Å². The van der Waals surface area contributed by atoms with Crippen LogP contribution >= 0.6 is 0 Å². The van der Waals surface area contributed by atoms with Crippen molar-refractivity contribution in [3.05, 3.63) is 29.8 Å². The van der Waals surface area contributed by atoms with Crippen molar-refractivity contribution >= 4 is 17.6 Å². The Morgan fingerprint density at radius 2 is 1.78 bits per heavy atom. The molecule has 1 aromatic rings. The Morgan fingerprint density at radius 3 is 2.35 bits per heavy atom. The van der Waals surface area contributed by atoms with Gasteiger partial charge in [-0.2, -0.15) is 0 Å². The smallest absolute Gasteiger partial charge is 0.410 e. The second kappa shape index (κ2) is 5.25. The van der Waals surface area contributed by atoms with E-state index in [1.807, 2.05) is 52.1 Å². The lowest BCUT2D eigenvalue weighted by molar-refractivity contribution is 0.0168. The van der Waals surface area contributed by atoms with Crippen LogP contribution in [0.1, 0.15) is 44.0 Å². The maximum absolute atomic E-state index is 12.9. The number of ether oxygens (including phenoxy) is 1. The minimum Gasteiger partial charge on any atom is -0.444 e. The third kappa shape index (κ3) is 2.58. The van der Waals surface area contributed by atoms with Crippen LogP contribution in [0.5, 0.6) is 0 Å². The molecule has 0 aliphatic carbocycles. The summed E-state index contributed by atoms with van der Waals surface area (Å²) < 4.78 is 5.43. The monoisotopic (exact) mass is 316 g/mol. The average Bonchev–Trinajstić information content (AvgIpc) is 2.70. The van der Waals surface area contributed by atoms with Crippen molar-refractivity contribution in [2.45, 2.75) is 44.8 Å². The maximum Gasteiger partial charge on any atom is 0.410 e. The largest absolute Gasteiger partial charge is 0.444 e. The van der Waals surface area contributed by atoms with Crippen LogP contribution in [0.3, 0.4) is 0 Å². The van der Waals surface area contributed by atoms with Gasteiger partial charge in [-0.1, -0.05) is 12.1 Å². The van der Waals surface area contributed by atoms with Crippen LogP contribution in [-0.2, 0) is 4.74 Å². The normalized spacial score (nSPS) is 19.9. The molecule has 0 unspecified atom stereocenters. The molecule has 23 heavy (non-hydrogen) atoms. The van der Waals surface area contributed by atoms with Gasteiger partial charge in [0, 0.05) is 31.4 Å². The van der Waals surface area contributed by atoms with Gasteiger partial charge in [0.25, 0.3) is 0 Å². The van der Waals surface area contributed by atoms with E-state index in [1.54, 1.807) is 4.90 Å². The second-order valence-electron chi connectivity index (χ2n) is 7.40. The first kappa shape index (κ1) is 15.8. The third-order valence-electron chi connectivity index (χ3n) is 4.82. The van der Waals surface area contributed by atoms with E-state index in [0.717, 1.165) is 11.3 Å². The molecule has 0 saturated carbocycles. The zero-order valence-electron chi connectivity index (χ0n) is 14.3. The first-order valence-corrected chi connectivity index (χ1v) is 8.10. The zero-order chi connectivity index (χ0) is 16.8. The summed E-state index contributed by atoms with van der Waals surface area (Å²) in [6.07, 6.45) is 0.977. The molecule has 1 fully saturated rings. The Hall–Kier alpha value is -2.04. The van der Waals surface area contributed by atoms with Crippen molar-refractivity contribution in [2.75, 3.05) is 25.0 Å². The Bertz CT molecular complexity index is 640. The molecule has 0 N–H and O–H groups in total. The predicted molar refractivity (Wildman–Crippen MR) is 88.9 cm³/mol. The van der Waals surface area contributed by atoms with Crippen molar-refractivity contribution in [1.29, 1.82) is 0 Å². The number of anilines is 1. The van der Waals surface area contributed by atoms with E-state index in [4.69, 9.17) is 4.74 Å². The zero-order valence-corrected chi connectivity index (χ0v) is 14.3. The van der Waals surface area contributed by atoms with Crippen LogP contribution in [0.25, 0.3) is 0 Å². The fourth-order valence-corrected chi connectivity index (χ4v) is 3.54. The number of carbonyl (C=O) groups is 2. The Labute approximate surface area is 137 Å². The van der Waals surface area contributed by atoms with Crippen LogP contribution in [0.15, 0.2) is 24.3 Å². The van der Waals surface area contributed by atoms with Gasteiger partial charge in [-0.25, -0.2) is 4.79 Å². The van der Waals surface area contributed by atoms with Crippen LogP contribution in [0.2, 0.25) is 0 Å². The summed E-state index contributed by atoms with van der Waals surface area (Å²) >= 11 is 0. The van der Waals surface area contributed by atoms with Gasteiger partial charge in [0.05, 0.1) is 0 Å². The number of carbonyl (C=O) groups excluding carboxylic acids is 2. The highest BCUT2D eigenvalue weighted by molar-refractivity contribution is 6.14. The number of likely N-dealkylation sites (tertiary alicyclic amines) is 1. The summed E-state index contributed by atoms with van der Waals surface area (Å²) in [7, 11) is 1.98. The third-order valence-corrected chi connectivity index (χ3v) is 4.82. The minimum absolute atomic E-state index is 0.180. The second-order valence-corrected chi connectivity index (χ2v) is 7.40. The number of Topliss-reactive ketones (excluding diaryl/α,β-unsaturated/α-hetero) is 1. The van der Waals surface area contributed by atoms with Crippen molar-refractivity contribution in [1.82, 2.24) is 4.90 Å². The number of fused-ring (bicyclic) bond motifs is 1. The van der Waals surface area contributed by atoms with Crippen LogP contribution in [0.4, 0.5) is 10.5 Å². The molecule has 1 saturated heterocycles. The number of hydrogen-bond donors (Lipinski definition) is 0. The molecule has 0 aromatic heterocycles. The number of para-hydroxylation sites is 1. The minimum atomic E-state index is -0.512. The molecule has 0 radical (unpaired) electrons. The highest BCUT2D eigenvalue weighted by Crippen LogP contribution is 2.43. The number of rotatable bonds is 0. The summed E-state index contributed by atoms with van der Waals surface area (Å²) in [6.45, 7) is 6.67. The molecule has 1 spiro atoms. The van der Waals surface area contributed by atoms with Crippen molar-refractivity contribution in [3.8, 4) is 0 Å². The van der Waals surface area contributed by atoms with E-state index >= 15 is 0 Å². The van der Waals surface area contributed by atoms with Gasteiger partial charge in [-0.15, -0.1) is 0 Å². The molecule has 5 nitrogen and oxygen atoms in total. The van der Waals surface area contributed by atoms with Gasteiger partial charge in [0.1, 0.15) is 11.1 Å². The predicted octanol–water partition coefficient (Wildman–Crippen LogP) is 3.09. The molecule has 1 amide bonds. The van der Waals surface area contributed by atoms with Crippen LogP contribution < -0.4 is 4.90 Å². The summed E-state index contributed by atoms with van der Waals surface area (Å²) in [5.74, 6) is 0.180. The number of amides is 1. The van der Waals surface area contributed by atoms with Gasteiger partial charge >= 0.3 is 6.09 Å². The molecular formula is C18H24N2O3. The fraction of sp³-hybridized carbons (Fsp3) is 0.556. The molecule has 0 bridgehead atoms. The van der Waals surface area contributed by atoms with Gasteiger partial charge in [-0.3, -0.25) is 4.79 Å². The lowest BCUT2D eigenvalue weighted by Gasteiger charge is -2.43. The summed E-state index contributed by atoms with van der Waals surface area (Å²) in [5.41, 5.74) is 0.772. The van der Waals surface area contributed by atoms with Crippen LogP contribution in [-0.4, -0.2) is 48.1 Å². The number of likely N-dealkylation sites (N-methyl/N-ethyl adjacent to an activating group) is 1. The maximum atomic E-state index is 12.9. The fourth-order valence-electron chi connectivity index (χ4n) is 3.54. The summed E-state index contributed by atoms with van der Waals surface area (Å²) in [6, 6.07) is 7.74. The molecule has 2 heterocycles. The van der Waals surface area contributed by atoms with Gasteiger partial charge in [0.2, 0.25) is 0 Å². The average molecular weight is 316 g/mol. The molecule has 2 aliphatic rings. The molecular weight excluding hydrogens is 292 g/mol. The molecule has 5 heteroatoms. The standard InChI is InChI=1S/C18H24N2O3/c1-17(2,3)23-16(22)20-11-9-18(10-12-20)15(21)13-7-5-6-8-14(13)19(18)4/h5-8H,9-12H2,1-4H3. The van der Waals surface area contributed by atoms with E-state index < -0.39 is 11.1 Å². The SMILES string of the molecule is CN1c2ccccc2C(=O)C12CCN(C(=O)OC(C)(C)C)CC2. The number of benzene rings is 1. The number of hydrogen-bond acceptors (Lipinski definition) is 4. The molecule has 124 valence electrons. The van der Waals surface area contributed by atoms with E-state index in [9.17, 15) is 9.59 Å². The lowest BCUT2D eigenvalue weighted by atomic mass is 9.83. The Balaban J connectivity index is 1.74. The summed E-state index contributed by atoms with van der Waals surface area (Å²) in [5, 5.41) is 0. The molecule has 3 rings (SSSR count). The van der Waals surface area contributed by atoms with Crippen molar-refractivity contribution < 1.29 is 14.3 Å². The Morgan fingerprint density at radius 1 is 1.17 bits per heavy atom. The van der Waals surface area contributed by atoms with E-state index in [2.05, 4.69) is 4.90 Å². The lowest BCUT2D eigenvalue weighted by Crippen LogP contribution is -2.57. The molecule has 2 aliphatic heterocycles. The summed E-state index contributed by atoms with van der Waals surface area (Å²) in [4.78, 5) is 28.9. The highest BCUT2D eigenvalue weighted by Gasteiger charge is 2.51. The number of ketones is 1. The topological polar surface area (TPSA) is 49.9 Å². The van der Waals surface area contributed by atoms with Gasteiger partial charge in [-0.05, 0) is 45.7 Å². The van der Waals surface area contributed by atoms with E-state index in [1.165, 1.54) is 0 Å². The van der Waals surface area contributed by atoms with E-state index in [0.29, 0.717) is 25.9 Å². The first-order valence-electron chi connectivity index (χ1n) is 8.10. The van der Waals surface area contributed by atoms with Crippen LogP contribution in [0, 0.1) is 0 Å².